The summed E-state index contributed by atoms with van der Waals surface area (Å²) in [5.41, 5.74) is 0.185. The third kappa shape index (κ3) is 5.96. The van der Waals surface area contributed by atoms with Crippen LogP contribution in [0.15, 0.2) is 11.6 Å². The molecule has 0 aromatic heterocycles. The molecule has 5 nitrogen and oxygen atoms in total. The van der Waals surface area contributed by atoms with Gasteiger partial charge in [-0.05, 0) is 41.3 Å². The van der Waals surface area contributed by atoms with Crippen LogP contribution in [0.3, 0.4) is 0 Å². The topological polar surface area (TPSA) is 49.9 Å². The molecule has 0 atom stereocenters. The van der Waals surface area contributed by atoms with Crippen molar-refractivity contribution in [2.24, 2.45) is 0 Å². The zero-order valence-corrected chi connectivity index (χ0v) is 13.7. The molecule has 6 heteroatoms. The first-order valence-electron chi connectivity index (χ1n) is 6.69. The second-order valence-electron chi connectivity index (χ2n) is 5.92. The largest absolute Gasteiger partial charge is 0.444 e. The van der Waals surface area contributed by atoms with Gasteiger partial charge in [0, 0.05) is 11.3 Å². The Labute approximate surface area is 125 Å². The molecule has 0 N–H and O–H groups in total. The monoisotopic (exact) mass is 300 g/mol. The van der Waals surface area contributed by atoms with Crippen molar-refractivity contribution in [3.8, 4) is 0 Å². The van der Waals surface area contributed by atoms with E-state index in [1.54, 1.807) is 11.9 Å². The Balaban J connectivity index is 2.48. The van der Waals surface area contributed by atoms with Gasteiger partial charge in [-0.3, -0.25) is 14.0 Å². The first-order valence-corrected chi connectivity index (χ1v) is 7.63. The fourth-order valence-corrected chi connectivity index (χ4v) is 2.32. The van der Waals surface area contributed by atoms with Crippen molar-refractivity contribution >= 4 is 23.8 Å². The van der Waals surface area contributed by atoms with Gasteiger partial charge in [0.25, 0.3) is 0 Å². The molecule has 20 heavy (non-hydrogen) atoms. The average molecular weight is 300 g/mol. The number of Topliss-reactive ketones (excluding diaryl/α,β-unsaturated/α-hetero) is 1. The number of likely N-dealkylation sites (tertiary alicyclic amines) is 1. The summed E-state index contributed by atoms with van der Waals surface area (Å²) in [4.78, 5) is 25.2. The number of carbonyl (C=O) groups excluding carboxylic acids is 2. The Morgan fingerprint density at radius 2 is 2.05 bits per heavy atom. The van der Waals surface area contributed by atoms with Crippen LogP contribution in [0.4, 0.5) is 4.79 Å². The standard InChI is InChI=1S/C14H24N2O3S/c1-14(2,3)19-13(18)16-9-11(12(17)10-16)7-6-8-20-15(4)5/h7H,6,8-10H2,1-5H3/b11-7-. The van der Waals surface area contributed by atoms with E-state index in [1.807, 2.05) is 45.2 Å². The van der Waals surface area contributed by atoms with Crippen molar-refractivity contribution in [2.75, 3.05) is 32.9 Å². The van der Waals surface area contributed by atoms with E-state index in [2.05, 4.69) is 0 Å². The highest BCUT2D eigenvalue weighted by Crippen LogP contribution is 2.17. The van der Waals surface area contributed by atoms with E-state index in [9.17, 15) is 9.59 Å². The van der Waals surface area contributed by atoms with Crippen molar-refractivity contribution in [3.05, 3.63) is 11.6 Å². The van der Waals surface area contributed by atoms with Gasteiger partial charge in [-0.25, -0.2) is 4.79 Å². The Kier molecular flexibility index (Phi) is 6.07. The van der Waals surface area contributed by atoms with Gasteiger partial charge in [0.2, 0.25) is 0 Å². The lowest BCUT2D eigenvalue weighted by Gasteiger charge is -2.23. The minimum absolute atomic E-state index is 0.0192. The molecular formula is C14H24N2O3S. The van der Waals surface area contributed by atoms with Crippen LogP contribution >= 0.6 is 11.9 Å². The number of ether oxygens (including phenoxy) is 1. The van der Waals surface area contributed by atoms with Gasteiger partial charge in [-0.1, -0.05) is 18.0 Å². The molecule has 1 heterocycles. The second kappa shape index (κ2) is 7.13. The molecule has 0 radical (unpaired) electrons. The van der Waals surface area contributed by atoms with E-state index >= 15 is 0 Å². The maximum absolute atomic E-state index is 11.9. The predicted octanol–water partition coefficient (Wildman–Crippen LogP) is 2.33. The molecule has 1 rings (SSSR count). The molecule has 0 bridgehead atoms. The van der Waals surface area contributed by atoms with E-state index in [4.69, 9.17) is 4.74 Å². The van der Waals surface area contributed by atoms with Gasteiger partial charge in [-0.15, -0.1) is 0 Å². The Morgan fingerprint density at radius 3 is 2.60 bits per heavy atom. The zero-order chi connectivity index (χ0) is 15.3. The Morgan fingerprint density at radius 1 is 1.40 bits per heavy atom. The summed E-state index contributed by atoms with van der Waals surface area (Å²) < 4.78 is 7.30. The van der Waals surface area contributed by atoms with Crippen LogP contribution in [0.2, 0.25) is 0 Å². The number of carbonyl (C=O) groups is 2. The van der Waals surface area contributed by atoms with E-state index in [-0.39, 0.29) is 12.3 Å². The van der Waals surface area contributed by atoms with Crippen LogP contribution < -0.4 is 0 Å². The SMILES string of the molecule is CN(C)SCC/C=C1/CN(C(=O)OC(C)(C)C)CC1=O. The molecule has 0 unspecified atom stereocenters. The van der Waals surface area contributed by atoms with E-state index in [1.165, 1.54) is 4.90 Å². The van der Waals surface area contributed by atoms with Crippen LogP contribution in [0.25, 0.3) is 0 Å². The molecule has 114 valence electrons. The lowest BCUT2D eigenvalue weighted by atomic mass is 10.2. The highest BCUT2D eigenvalue weighted by molar-refractivity contribution is 7.96. The van der Waals surface area contributed by atoms with Crippen molar-refractivity contribution < 1.29 is 14.3 Å². The molecule has 0 aromatic carbocycles. The average Bonchev–Trinajstić information content (AvgIpc) is 2.64. The molecule has 0 spiro atoms. The van der Waals surface area contributed by atoms with Crippen LogP contribution in [0, 0.1) is 0 Å². The molecule has 1 saturated heterocycles. The summed E-state index contributed by atoms with van der Waals surface area (Å²) in [5.74, 6) is 0.946. The normalized spacial score (nSPS) is 18.2. The van der Waals surface area contributed by atoms with Crippen molar-refractivity contribution in [2.45, 2.75) is 32.8 Å². The van der Waals surface area contributed by atoms with Crippen LogP contribution in [-0.4, -0.2) is 59.6 Å². The number of allylic oxidation sites excluding steroid dienone is 1. The fraction of sp³-hybridized carbons (Fsp3) is 0.714. The van der Waals surface area contributed by atoms with E-state index < -0.39 is 11.7 Å². The minimum Gasteiger partial charge on any atom is -0.444 e. The molecule has 0 aliphatic carbocycles. The summed E-state index contributed by atoms with van der Waals surface area (Å²) in [5, 5.41) is 0. The molecule has 0 aromatic rings. The maximum Gasteiger partial charge on any atom is 0.411 e. The highest BCUT2D eigenvalue weighted by atomic mass is 32.2. The van der Waals surface area contributed by atoms with Crippen LogP contribution in [0.5, 0.6) is 0 Å². The number of rotatable bonds is 4. The second-order valence-corrected chi connectivity index (χ2v) is 7.32. The highest BCUT2D eigenvalue weighted by Gasteiger charge is 2.31. The lowest BCUT2D eigenvalue weighted by Crippen LogP contribution is -2.35. The van der Waals surface area contributed by atoms with Crippen molar-refractivity contribution in [3.63, 3.8) is 0 Å². The first-order chi connectivity index (χ1) is 9.19. The van der Waals surface area contributed by atoms with E-state index in [0.29, 0.717) is 6.54 Å². The molecule has 1 aliphatic rings. The summed E-state index contributed by atoms with van der Waals surface area (Å²) in [6.07, 6.45) is 2.34. The first kappa shape index (κ1) is 17.0. The quantitative estimate of drug-likeness (QED) is 0.453. The number of hydrogen-bond donors (Lipinski definition) is 0. The fourth-order valence-electron chi connectivity index (χ4n) is 1.73. The van der Waals surface area contributed by atoms with Gasteiger partial charge in [-0.2, -0.15) is 0 Å². The van der Waals surface area contributed by atoms with Crippen LogP contribution in [-0.2, 0) is 9.53 Å². The summed E-state index contributed by atoms with van der Waals surface area (Å²) in [7, 11) is 3.98. The Bertz CT molecular complexity index is 400. The summed E-state index contributed by atoms with van der Waals surface area (Å²) >= 11 is 1.70. The van der Waals surface area contributed by atoms with Crippen LogP contribution in [0.1, 0.15) is 27.2 Å². The molecule has 1 amide bonds. The molecule has 1 fully saturated rings. The third-order valence-electron chi connectivity index (χ3n) is 2.56. The smallest absolute Gasteiger partial charge is 0.411 e. The molecule has 0 saturated carbocycles. The van der Waals surface area contributed by atoms with Gasteiger partial charge in [0.05, 0.1) is 13.1 Å². The van der Waals surface area contributed by atoms with Gasteiger partial charge in [0.1, 0.15) is 5.60 Å². The summed E-state index contributed by atoms with van der Waals surface area (Å²) in [6, 6.07) is 0. The van der Waals surface area contributed by atoms with Crippen molar-refractivity contribution in [1.82, 2.24) is 9.21 Å². The maximum atomic E-state index is 11.9. The van der Waals surface area contributed by atoms with E-state index in [0.717, 1.165) is 17.7 Å². The van der Waals surface area contributed by atoms with Crippen molar-refractivity contribution in [1.29, 1.82) is 0 Å². The van der Waals surface area contributed by atoms with Gasteiger partial charge < -0.3 is 4.74 Å². The lowest BCUT2D eigenvalue weighted by molar-refractivity contribution is -0.114. The predicted molar refractivity (Wildman–Crippen MR) is 81.7 cm³/mol. The number of ketones is 1. The molecular weight excluding hydrogens is 276 g/mol. The van der Waals surface area contributed by atoms with Gasteiger partial charge >= 0.3 is 6.09 Å². The number of amides is 1. The number of hydrogen-bond acceptors (Lipinski definition) is 5. The number of nitrogens with zero attached hydrogens (tertiary/aromatic N) is 2. The third-order valence-corrected chi connectivity index (χ3v) is 3.50. The Hall–Kier alpha value is -1.01. The zero-order valence-electron chi connectivity index (χ0n) is 12.9. The molecule has 1 aliphatic heterocycles. The minimum atomic E-state index is -0.533. The summed E-state index contributed by atoms with van der Waals surface area (Å²) in [6.45, 7) is 5.94. The van der Waals surface area contributed by atoms with Gasteiger partial charge in [0.15, 0.2) is 5.78 Å².